The molecule has 0 spiro atoms. The molecule has 1 saturated heterocycles. The van der Waals surface area contributed by atoms with Gasteiger partial charge in [0.2, 0.25) is 0 Å². The van der Waals surface area contributed by atoms with E-state index in [4.69, 9.17) is 5.73 Å². The van der Waals surface area contributed by atoms with E-state index in [0.717, 1.165) is 6.54 Å². The summed E-state index contributed by atoms with van der Waals surface area (Å²) in [7, 11) is 2.19. The van der Waals surface area contributed by atoms with Gasteiger partial charge in [-0.05, 0) is 25.5 Å². The van der Waals surface area contributed by atoms with Crippen LogP contribution in [0.5, 0.6) is 0 Å². The molecule has 2 N–H and O–H groups in total. The fraction of sp³-hybridized carbons (Fsp3) is 1.00. The first-order valence-electron chi connectivity index (χ1n) is 5.39. The molecule has 0 saturated carbocycles. The Morgan fingerprint density at radius 1 is 1.29 bits per heavy atom. The van der Waals surface area contributed by atoms with Gasteiger partial charge in [-0.15, -0.1) is 0 Å². The van der Waals surface area contributed by atoms with Gasteiger partial charge in [-0.2, -0.15) is 11.8 Å². The number of thioether (sulfide) groups is 1. The SMILES string of the molecule is CSCCC(CN)N1CCN(C)CC1. The molecule has 1 fully saturated rings. The number of likely N-dealkylation sites (N-methyl/N-ethyl adjacent to an activating group) is 1. The van der Waals surface area contributed by atoms with Gasteiger partial charge in [-0.3, -0.25) is 4.90 Å². The highest BCUT2D eigenvalue weighted by atomic mass is 32.2. The number of hydrogen-bond acceptors (Lipinski definition) is 4. The lowest BCUT2D eigenvalue weighted by Crippen LogP contribution is -2.51. The minimum absolute atomic E-state index is 0.608. The summed E-state index contributed by atoms with van der Waals surface area (Å²) >= 11 is 1.92. The average molecular weight is 217 g/mol. The molecule has 0 radical (unpaired) electrons. The van der Waals surface area contributed by atoms with E-state index in [0.29, 0.717) is 6.04 Å². The first-order valence-corrected chi connectivity index (χ1v) is 6.79. The van der Waals surface area contributed by atoms with Crippen molar-refractivity contribution in [2.24, 2.45) is 5.73 Å². The molecular weight excluding hydrogens is 194 g/mol. The largest absolute Gasteiger partial charge is 0.329 e. The molecule has 3 nitrogen and oxygen atoms in total. The van der Waals surface area contributed by atoms with E-state index < -0.39 is 0 Å². The van der Waals surface area contributed by atoms with Crippen LogP contribution in [0.2, 0.25) is 0 Å². The molecule has 14 heavy (non-hydrogen) atoms. The Morgan fingerprint density at radius 2 is 1.93 bits per heavy atom. The van der Waals surface area contributed by atoms with E-state index >= 15 is 0 Å². The molecule has 0 aromatic heterocycles. The normalized spacial score (nSPS) is 22.5. The van der Waals surface area contributed by atoms with Crippen molar-refractivity contribution in [1.29, 1.82) is 0 Å². The smallest absolute Gasteiger partial charge is 0.0227 e. The van der Waals surface area contributed by atoms with Crippen LogP contribution in [0.1, 0.15) is 6.42 Å². The van der Waals surface area contributed by atoms with Crippen molar-refractivity contribution >= 4 is 11.8 Å². The first-order chi connectivity index (χ1) is 6.77. The predicted octanol–water partition coefficient (Wildman–Crippen LogP) is 0.314. The van der Waals surface area contributed by atoms with E-state index in [2.05, 4.69) is 23.1 Å². The van der Waals surface area contributed by atoms with Crippen molar-refractivity contribution < 1.29 is 0 Å². The topological polar surface area (TPSA) is 32.5 Å². The first kappa shape index (κ1) is 12.3. The Morgan fingerprint density at radius 3 is 2.43 bits per heavy atom. The van der Waals surface area contributed by atoms with Crippen LogP contribution in [0.15, 0.2) is 0 Å². The Hall–Kier alpha value is 0.230. The van der Waals surface area contributed by atoms with Crippen molar-refractivity contribution in [2.45, 2.75) is 12.5 Å². The number of nitrogens with two attached hydrogens (primary N) is 1. The fourth-order valence-electron chi connectivity index (χ4n) is 1.89. The molecule has 1 heterocycles. The molecule has 1 aliphatic heterocycles. The molecule has 0 aliphatic carbocycles. The van der Waals surface area contributed by atoms with E-state index in [-0.39, 0.29) is 0 Å². The molecule has 0 bridgehead atoms. The van der Waals surface area contributed by atoms with Crippen LogP contribution in [0.4, 0.5) is 0 Å². The van der Waals surface area contributed by atoms with Gasteiger partial charge in [-0.25, -0.2) is 0 Å². The predicted molar refractivity (Wildman–Crippen MR) is 64.9 cm³/mol. The maximum atomic E-state index is 5.81. The molecule has 1 rings (SSSR count). The summed E-state index contributed by atoms with van der Waals surface area (Å²) in [6.07, 6.45) is 3.40. The lowest BCUT2D eigenvalue weighted by atomic mass is 10.1. The quantitative estimate of drug-likeness (QED) is 0.719. The molecule has 84 valence electrons. The van der Waals surface area contributed by atoms with E-state index in [9.17, 15) is 0 Å². The number of hydrogen-bond donors (Lipinski definition) is 1. The molecule has 1 aliphatic rings. The lowest BCUT2D eigenvalue weighted by molar-refractivity contribution is 0.113. The van der Waals surface area contributed by atoms with Gasteiger partial charge in [0.25, 0.3) is 0 Å². The van der Waals surface area contributed by atoms with Gasteiger partial charge in [0.1, 0.15) is 0 Å². The zero-order valence-electron chi connectivity index (χ0n) is 9.41. The van der Waals surface area contributed by atoms with Crippen molar-refractivity contribution in [3.8, 4) is 0 Å². The van der Waals surface area contributed by atoms with Crippen LogP contribution in [-0.2, 0) is 0 Å². The number of piperazine rings is 1. The molecular formula is C10H23N3S. The molecule has 1 atom stereocenters. The minimum atomic E-state index is 0.608. The van der Waals surface area contributed by atoms with E-state index in [1.54, 1.807) is 0 Å². The highest BCUT2D eigenvalue weighted by Gasteiger charge is 2.20. The van der Waals surface area contributed by atoms with Crippen molar-refractivity contribution in [1.82, 2.24) is 9.80 Å². The van der Waals surface area contributed by atoms with E-state index in [1.165, 1.54) is 38.4 Å². The zero-order valence-corrected chi connectivity index (χ0v) is 10.2. The summed E-state index contributed by atoms with van der Waals surface area (Å²) in [6.45, 7) is 5.56. The lowest BCUT2D eigenvalue weighted by Gasteiger charge is -2.37. The summed E-state index contributed by atoms with van der Waals surface area (Å²) in [5.41, 5.74) is 5.81. The summed E-state index contributed by atoms with van der Waals surface area (Å²) in [5.74, 6) is 1.23. The molecule has 0 amide bonds. The van der Waals surface area contributed by atoms with Gasteiger partial charge in [0.15, 0.2) is 0 Å². The van der Waals surface area contributed by atoms with E-state index in [1.807, 2.05) is 11.8 Å². The van der Waals surface area contributed by atoms with Gasteiger partial charge < -0.3 is 10.6 Å². The molecule has 4 heteroatoms. The van der Waals surface area contributed by atoms with Crippen LogP contribution < -0.4 is 5.73 Å². The van der Waals surface area contributed by atoms with Gasteiger partial charge in [0.05, 0.1) is 0 Å². The number of rotatable bonds is 5. The zero-order chi connectivity index (χ0) is 10.4. The maximum Gasteiger partial charge on any atom is 0.0227 e. The van der Waals surface area contributed by atoms with Crippen LogP contribution >= 0.6 is 11.8 Å². The van der Waals surface area contributed by atoms with Crippen LogP contribution in [-0.4, -0.2) is 67.6 Å². The third-order valence-electron chi connectivity index (χ3n) is 2.98. The minimum Gasteiger partial charge on any atom is -0.329 e. The third-order valence-corrected chi connectivity index (χ3v) is 3.63. The third kappa shape index (κ3) is 3.77. The monoisotopic (exact) mass is 217 g/mol. The Bertz CT molecular complexity index is 144. The second-order valence-electron chi connectivity index (χ2n) is 4.01. The second kappa shape index (κ2) is 6.67. The standard InChI is InChI=1S/C10H23N3S/c1-12-4-6-13(7-5-12)10(9-11)3-8-14-2/h10H,3-9,11H2,1-2H3. The molecule has 0 aromatic rings. The maximum absolute atomic E-state index is 5.81. The summed E-state index contributed by atoms with van der Waals surface area (Å²) in [5, 5.41) is 0. The highest BCUT2D eigenvalue weighted by Crippen LogP contribution is 2.10. The van der Waals surface area contributed by atoms with Crippen molar-refractivity contribution in [2.75, 3.05) is 51.8 Å². The highest BCUT2D eigenvalue weighted by molar-refractivity contribution is 7.98. The van der Waals surface area contributed by atoms with Crippen LogP contribution in [0, 0.1) is 0 Å². The number of nitrogens with zero attached hydrogens (tertiary/aromatic N) is 2. The van der Waals surface area contributed by atoms with Crippen molar-refractivity contribution in [3.05, 3.63) is 0 Å². The van der Waals surface area contributed by atoms with Crippen LogP contribution in [0.3, 0.4) is 0 Å². The fourth-order valence-corrected chi connectivity index (χ4v) is 2.40. The average Bonchev–Trinajstić information content (AvgIpc) is 2.21. The van der Waals surface area contributed by atoms with Crippen molar-refractivity contribution in [3.63, 3.8) is 0 Å². The Balaban J connectivity index is 2.29. The second-order valence-corrected chi connectivity index (χ2v) is 5.00. The Kier molecular flexibility index (Phi) is 5.86. The summed E-state index contributed by atoms with van der Waals surface area (Å²) in [6, 6.07) is 0.608. The van der Waals surface area contributed by atoms with Gasteiger partial charge in [0, 0.05) is 38.8 Å². The summed E-state index contributed by atoms with van der Waals surface area (Å²) in [4.78, 5) is 4.94. The van der Waals surface area contributed by atoms with Gasteiger partial charge in [-0.1, -0.05) is 0 Å². The Labute approximate surface area is 92.0 Å². The molecule has 1 unspecified atom stereocenters. The van der Waals surface area contributed by atoms with Crippen LogP contribution in [0.25, 0.3) is 0 Å². The molecule has 0 aromatic carbocycles. The van der Waals surface area contributed by atoms with Gasteiger partial charge >= 0.3 is 0 Å². The summed E-state index contributed by atoms with van der Waals surface area (Å²) < 4.78 is 0.